The maximum Gasteiger partial charge on any atom is 0.262 e. The molecule has 0 saturated heterocycles. The van der Waals surface area contributed by atoms with Gasteiger partial charge in [0.25, 0.3) is 5.89 Å². The van der Waals surface area contributed by atoms with E-state index in [4.69, 9.17) is 9.26 Å². The second kappa shape index (κ2) is 5.53. The fraction of sp³-hybridized carbons (Fsp3) is 0.0714. The zero-order valence-corrected chi connectivity index (χ0v) is 12.5. The van der Waals surface area contributed by atoms with Gasteiger partial charge in [0.15, 0.2) is 11.5 Å². The molecule has 0 bridgehead atoms. The molecule has 21 heavy (non-hydrogen) atoms. The largest absolute Gasteiger partial charge is 0.504 e. The molecule has 3 rings (SSSR count). The van der Waals surface area contributed by atoms with Crippen LogP contribution in [0.25, 0.3) is 23.0 Å². The number of aromatic hydroxyl groups is 1. The molecule has 0 aliphatic rings. The number of benzene rings is 1. The summed E-state index contributed by atoms with van der Waals surface area (Å²) in [4.78, 5) is 8.45. The van der Waals surface area contributed by atoms with Gasteiger partial charge in [0.05, 0.1) is 12.7 Å². The number of phenolic OH excluding ortho intramolecular Hbond substituents is 1. The molecule has 0 amide bonds. The van der Waals surface area contributed by atoms with Crippen molar-refractivity contribution in [3.05, 3.63) is 41.0 Å². The van der Waals surface area contributed by atoms with E-state index < -0.39 is 0 Å². The molecule has 0 atom stereocenters. The van der Waals surface area contributed by atoms with E-state index in [0.29, 0.717) is 22.8 Å². The zero-order chi connectivity index (χ0) is 14.8. The third-order valence-corrected chi connectivity index (χ3v) is 3.49. The van der Waals surface area contributed by atoms with Crippen LogP contribution in [0, 0.1) is 0 Å². The minimum Gasteiger partial charge on any atom is -0.504 e. The van der Waals surface area contributed by atoms with E-state index in [9.17, 15) is 5.11 Å². The average Bonchev–Trinajstić information content (AvgIpc) is 2.97. The van der Waals surface area contributed by atoms with Crippen LogP contribution in [0.5, 0.6) is 11.5 Å². The molecule has 7 heteroatoms. The van der Waals surface area contributed by atoms with Crippen molar-refractivity contribution in [2.24, 2.45) is 0 Å². The molecule has 2 aromatic heterocycles. The Morgan fingerprint density at radius 1 is 1.24 bits per heavy atom. The van der Waals surface area contributed by atoms with Crippen LogP contribution in [0.1, 0.15) is 0 Å². The summed E-state index contributed by atoms with van der Waals surface area (Å²) in [7, 11) is 1.48. The van der Waals surface area contributed by atoms with Crippen LogP contribution >= 0.6 is 15.9 Å². The van der Waals surface area contributed by atoms with E-state index in [1.54, 1.807) is 30.5 Å². The Labute approximate surface area is 128 Å². The SMILES string of the molecule is COc1cccc(-c2nc(-c3ncccc3Br)no2)c1O. The van der Waals surface area contributed by atoms with E-state index >= 15 is 0 Å². The molecule has 1 N–H and O–H groups in total. The predicted octanol–water partition coefficient (Wildman–Crippen LogP) is 3.28. The monoisotopic (exact) mass is 347 g/mol. The van der Waals surface area contributed by atoms with Crippen LogP contribution in [-0.4, -0.2) is 27.3 Å². The lowest BCUT2D eigenvalue weighted by Crippen LogP contribution is -1.88. The number of rotatable bonds is 3. The highest BCUT2D eigenvalue weighted by Crippen LogP contribution is 2.36. The third-order valence-electron chi connectivity index (χ3n) is 2.85. The van der Waals surface area contributed by atoms with Crippen molar-refractivity contribution in [2.45, 2.75) is 0 Å². The minimum atomic E-state index is -0.0460. The Morgan fingerprint density at radius 2 is 2.10 bits per heavy atom. The number of nitrogens with zero attached hydrogens (tertiary/aromatic N) is 3. The highest BCUT2D eigenvalue weighted by Gasteiger charge is 2.18. The van der Waals surface area contributed by atoms with Crippen LogP contribution in [0.2, 0.25) is 0 Å². The third kappa shape index (κ3) is 2.47. The lowest BCUT2D eigenvalue weighted by atomic mass is 10.2. The van der Waals surface area contributed by atoms with Gasteiger partial charge in [-0.05, 0) is 40.2 Å². The lowest BCUT2D eigenvalue weighted by molar-refractivity contribution is 0.371. The average molecular weight is 348 g/mol. The molecule has 1 aromatic carbocycles. The maximum absolute atomic E-state index is 10.1. The van der Waals surface area contributed by atoms with E-state index in [2.05, 4.69) is 31.1 Å². The van der Waals surface area contributed by atoms with Crippen molar-refractivity contribution in [1.29, 1.82) is 0 Å². The molecule has 0 radical (unpaired) electrons. The van der Waals surface area contributed by atoms with Crippen LogP contribution in [-0.2, 0) is 0 Å². The first-order chi connectivity index (χ1) is 10.2. The topological polar surface area (TPSA) is 81.3 Å². The number of ether oxygens (including phenoxy) is 1. The van der Waals surface area contributed by atoms with Gasteiger partial charge in [0, 0.05) is 10.7 Å². The van der Waals surface area contributed by atoms with E-state index in [1.807, 2.05) is 6.07 Å². The Morgan fingerprint density at radius 3 is 2.86 bits per heavy atom. The Hall–Kier alpha value is -2.41. The number of methoxy groups -OCH3 is 1. The molecule has 6 nitrogen and oxygen atoms in total. The molecule has 0 fully saturated rings. The van der Waals surface area contributed by atoms with E-state index in [-0.39, 0.29) is 11.6 Å². The number of halogens is 1. The number of aromatic nitrogens is 3. The van der Waals surface area contributed by atoms with Crippen molar-refractivity contribution in [2.75, 3.05) is 7.11 Å². The first-order valence-electron chi connectivity index (χ1n) is 6.01. The van der Waals surface area contributed by atoms with Crippen LogP contribution in [0.3, 0.4) is 0 Å². The lowest BCUT2D eigenvalue weighted by Gasteiger charge is -2.04. The summed E-state index contributed by atoms with van der Waals surface area (Å²) in [6.07, 6.45) is 1.64. The molecule has 0 unspecified atom stereocenters. The van der Waals surface area contributed by atoms with Gasteiger partial charge in [0.1, 0.15) is 5.69 Å². The van der Waals surface area contributed by atoms with Gasteiger partial charge in [-0.1, -0.05) is 11.2 Å². The predicted molar refractivity (Wildman–Crippen MR) is 78.9 cm³/mol. The molecular weight excluding hydrogens is 338 g/mol. The van der Waals surface area contributed by atoms with Gasteiger partial charge >= 0.3 is 0 Å². The minimum absolute atomic E-state index is 0.0460. The summed E-state index contributed by atoms with van der Waals surface area (Å²) in [5.41, 5.74) is 0.968. The zero-order valence-electron chi connectivity index (χ0n) is 10.9. The highest BCUT2D eigenvalue weighted by molar-refractivity contribution is 9.10. The number of phenols is 1. The standard InChI is InChI=1S/C14H10BrN3O3/c1-20-10-6-2-4-8(12(10)19)14-17-13(18-21-14)11-9(15)5-3-7-16-11/h2-7,19H,1H3. The van der Waals surface area contributed by atoms with E-state index in [0.717, 1.165) is 4.47 Å². The molecule has 2 heterocycles. The Bertz CT molecular complexity index is 789. The first kappa shape index (κ1) is 13.6. The van der Waals surface area contributed by atoms with Gasteiger partial charge < -0.3 is 14.4 Å². The number of hydrogen-bond acceptors (Lipinski definition) is 6. The normalized spacial score (nSPS) is 10.6. The van der Waals surface area contributed by atoms with Crippen LogP contribution in [0.4, 0.5) is 0 Å². The van der Waals surface area contributed by atoms with E-state index in [1.165, 1.54) is 7.11 Å². The fourth-order valence-corrected chi connectivity index (χ4v) is 2.27. The Kier molecular flexibility index (Phi) is 3.57. The molecule has 0 spiro atoms. The second-order valence-electron chi connectivity index (χ2n) is 4.11. The van der Waals surface area contributed by atoms with Gasteiger partial charge in [-0.15, -0.1) is 0 Å². The number of para-hydroxylation sites is 1. The molecule has 0 saturated carbocycles. The summed E-state index contributed by atoms with van der Waals surface area (Å²) in [5, 5.41) is 14.0. The summed E-state index contributed by atoms with van der Waals surface area (Å²) in [5.74, 6) is 0.820. The van der Waals surface area contributed by atoms with Crippen molar-refractivity contribution in [3.8, 4) is 34.5 Å². The summed E-state index contributed by atoms with van der Waals surface area (Å²) in [6.45, 7) is 0. The molecule has 0 aliphatic heterocycles. The smallest absolute Gasteiger partial charge is 0.262 e. The summed E-state index contributed by atoms with van der Waals surface area (Å²) >= 11 is 3.38. The van der Waals surface area contributed by atoms with Gasteiger partial charge in [-0.2, -0.15) is 4.98 Å². The molecule has 3 aromatic rings. The molecule has 106 valence electrons. The van der Waals surface area contributed by atoms with Gasteiger partial charge in [0.2, 0.25) is 5.82 Å². The van der Waals surface area contributed by atoms with Crippen molar-refractivity contribution in [3.63, 3.8) is 0 Å². The molecule has 0 aliphatic carbocycles. The first-order valence-corrected chi connectivity index (χ1v) is 6.81. The fourth-order valence-electron chi connectivity index (χ4n) is 1.84. The van der Waals surface area contributed by atoms with Gasteiger partial charge in [-0.25, -0.2) is 0 Å². The van der Waals surface area contributed by atoms with Gasteiger partial charge in [-0.3, -0.25) is 4.98 Å². The quantitative estimate of drug-likeness (QED) is 0.782. The second-order valence-corrected chi connectivity index (χ2v) is 4.97. The maximum atomic E-state index is 10.1. The van der Waals surface area contributed by atoms with Crippen molar-refractivity contribution < 1.29 is 14.4 Å². The van der Waals surface area contributed by atoms with Crippen molar-refractivity contribution >= 4 is 15.9 Å². The number of hydrogen-bond donors (Lipinski definition) is 1. The summed E-state index contributed by atoms with van der Waals surface area (Å²) < 4.78 is 11.0. The Balaban J connectivity index is 2.05. The highest BCUT2D eigenvalue weighted by atomic mass is 79.9. The summed E-state index contributed by atoms with van der Waals surface area (Å²) in [6, 6.07) is 8.67. The van der Waals surface area contributed by atoms with Crippen molar-refractivity contribution in [1.82, 2.24) is 15.1 Å². The van der Waals surface area contributed by atoms with Crippen LogP contribution < -0.4 is 4.74 Å². The number of pyridine rings is 1. The van der Waals surface area contributed by atoms with Crippen LogP contribution in [0.15, 0.2) is 45.5 Å². The molecular formula is C14H10BrN3O3.